The third-order valence-electron chi connectivity index (χ3n) is 2.91. The quantitative estimate of drug-likeness (QED) is 0.554. The molecule has 0 saturated heterocycles. The fraction of sp³-hybridized carbons (Fsp3) is 0.538. The number of alkyl halides is 3. The van der Waals surface area contributed by atoms with Crippen LogP contribution in [0.5, 0.6) is 0 Å². The largest absolute Gasteiger partial charge is 0.433 e. The minimum atomic E-state index is -4.57. The summed E-state index contributed by atoms with van der Waals surface area (Å²) in [6.45, 7) is 3.83. The summed E-state index contributed by atoms with van der Waals surface area (Å²) in [4.78, 5) is 5.24. The van der Waals surface area contributed by atoms with Gasteiger partial charge in [-0.25, -0.2) is 4.98 Å². The Morgan fingerprint density at radius 3 is 2.48 bits per heavy atom. The van der Waals surface area contributed by atoms with Gasteiger partial charge in [-0.05, 0) is 32.4 Å². The first-order chi connectivity index (χ1) is 9.68. The summed E-state index contributed by atoms with van der Waals surface area (Å²) in [5.74, 6) is -0.332. The first-order valence-electron chi connectivity index (χ1n) is 6.48. The molecule has 1 heterocycles. The lowest BCUT2D eigenvalue weighted by molar-refractivity contribution is -0.141. The fourth-order valence-electron chi connectivity index (χ4n) is 1.89. The Balaban J connectivity index is 3.35. The number of pyridine rings is 1. The lowest BCUT2D eigenvalue weighted by atomic mass is 10.1. The summed E-state index contributed by atoms with van der Waals surface area (Å²) in [6.07, 6.45) is -4.18. The van der Waals surface area contributed by atoms with Crippen molar-refractivity contribution in [2.45, 2.75) is 32.5 Å². The van der Waals surface area contributed by atoms with Crippen LogP contribution in [0.25, 0.3) is 0 Å². The van der Waals surface area contributed by atoms with Crippen molar-refractivity contribution in [2.75, 3.05) is 18.1 Å². The van der Waals surface area contributed by atoms with E-state index in [1.165, 1.54) is 0 Å². The van der Waals surface area contributed by atoms with E-state index in [-0.39, 0.29) is 29.9 Å². The Morgan fingerprint density at radius 1 is 1.43 bits per heavy atom. The van der Waals surface area contributed by atoms with E-state index in [2.05, 4.69) is 4.98 Å². The van der Waals surface area contributed by atoms with Gasteiger partial charge in [0.25, 0.3) is 0 Å². The highest BCUT2D eigenvalue weighted by atomic mass is 19.4. The number of anilines is 1. The van der Waals surface area contributed by atoms with Crippen LogP contribution in [0.4, 0.5) is 19.0 Å². The van der Waals surface area contributed by atoms with E-state index in [1.807, 2.05) is 0 Å². The maximum atomic E-state index is 12.8. The van der Waals surface area contributed by atoms with Gasteiger partial charge in [0.1, 0.15) is 17.3 Å². The standard InChI is InChI=1S/C13H19F3N4O/c1-8(2)20(6-3-7-21)12-9(11(17)18)4-5-10(19-12)13(14,15)16/h4-5,8,21H,3,6-7H2,1-2H3,(H3,17,18). The molecule has 0 fully saturated rings. The SMILES string of the molecule is CC(C)N(CCCO)c1nc(C(F)(F)F)ccc1C(=N)N. The Kier molecular flexibility index (Phi) is 5.54. The molecule has 1 rings (SSSR count). The second kappa shape index (κ2) is 6.75. The van der Waals surface area contributed by atoms with Crippen molar-refractivity contribution >= 4 is 11.7 Å². The molecule has 0 spiro atoms. The summed E-state index contributed by atoms with van der Waals surface area (Å²) in [5.41, 5.74) is 4.54. The van der Waals surface area contributed by atoms with E-state index in [9.17, 15) is 13.2 Å². The van der Waals surface area contributed by atoms with Crippen LogP contribution < -0.4 is 10.6 Å². The van der Waals surface area contributed by atoms with Gasteiger partial charge >= 0.3 is 6.18 Å². The number of nitrogens with two attached hydrogens (primary N) is 1. The van der Waals surface area contributed by atoms with Crippen LogP contribution >= 0.6 is 0 Å². The Bertz CT molecular complexity index is 503. The predicted octanol–water partition coefficient (Wildman–Crippen LogP) is 1.98. The number of halogens is 3. The second-order valence-corrected chi connectivity index (χ2v) is 4.84. The van der Waals surface area contributed by atoms with E-state index in [0.717, 1.165) is 12.1 Å². The molecule has 1 aromatic heterocycles. The van der Waals surface area contributed by atoms with Gasteiger partial charge in [0.15, 0.2) is 0 Å². The minimum absolute atomic E-state index is 0.0146. The molecule has 0 unspecified atom stereocenters. The van der Waals surface area contributed by atoms with E-state index in [4.69, 9.17) is 16.2 Å². The summed E-state index contributed by atoms with van der Waals surface area (Å²) < 4.78 is 38.4. The zero-order chi connectivity index (χ0) is 16.2. The number of nitrogens with zero attached hydrogens (tertiary/aromatic N) is 2. The molecule has 0 aliphatic heterocycles. The van der Waals surface area contributed by atoms with Crippen LogP contribution in [0.1, 0.15) is 31.5 Å². The number of aliphatic hydroxyl groups is 1. The van der Waals surface area contributed by atoms with E-state index >= 15 is 0 Å². The number of aliphatic hydroxyl groups excluding tert-OH is 1. The monoisotopic (exact) mass is 304 g/mol. The number of nitrogens with one attached hydrogen (secondary N) is 1. The number of rotatable bonds is 6. The molecule has 5 nitrogen and oxygen atoms in total. The molecule has 8 heteroatoms. The van der Waals surface area contributed by atoms with Crippen LogP contribution in [0.2, 0.25) is 0 Å². The average molecular weight is 304 g/mol. The van der Waals surface area contributed by atoms with Gasteiger partial charge in [0.05, 0.1) is 5.56 Å². The van der Waals surface area contributed by atoms with Crippen LogP contribution in [0.15, 0.2) is 12.1 Å². The Morgan fingerprint density at radius 2 is 2.05 bits per heavy atom. The minimum Gasteiger partial charge on any atom is -0.396 e. The molecule has 1 aromatic rings. The summed E-state index contributed by atoms with van der Waals surface area (Å²) in [6, 6.07) is 1.82. The van der Waals surface area contributed by atoms with Gasteiger partial charge in [-0.15, -0.1) is 0 Å². The van der Waals surface area contributed by atoms with Crippen molar-refractivity contribution in [2.24, 2.45) is 5.73 Å². The molecule has 0 aromatic carbocycles. The maximum Gasteiger partial charge on any atom is 0.433 e. The molecule has 0 amide bonds. The summed E-state index contributed by atoms with van der Waals surface area (Å²) in [7, 11) is 0. The summed E-state index contributed by atoms with van der Waals surface area (Å²) in [5, 5.41) is 16.4. The highest BCUT2D eigenvalue weighted by molar-refractivity contribution is 5.99. The highest BCUT2D eigenvalue weighted by Crippen LogP contribution is 2.31. The molecule has 0 bridgehead atoms. The molecule has 0 aliphatic carbocycles. The highest BCUT2D eigenvalue weighted by Gasteiger charge is 2.34. The zero-order valence-corrected chi connectivity index (χ0v) is 11.9. The normalized spacial score (nSPS) is 11.8. The van der Waals surface area contributed by atoms with Gasteiger partial charge in [-0.2, -0.15) is 13.2 Å². The van der Waals surface area contributed by atoms with Crippen LogP contribution in [-0.2, 0) is 6.18 Å². The molecule has 0 atom stereocenters. The van der Waals surface area contributed by atoms with Crippen LogP contribution in [0, 0.1) is 5.41 Å². The molecular weight excluding hydrogens is 285 g/mol. The van der Waals surface area contributed by atoms with E-state index < -0.39 is 11.9 Å². The molecule has 0 radical (unpaired) electrons. The Hall–Kier alpha value is -1.83. The van der Waals surface area contributed by atoms with Crippen molar-refractivity contribution in [3.05, 3.63) is 23.4 Å². The Labute approximate surface area is 121 Å². The van der Waals surface area contributed by atoms with Crippen molar-refractivity contribution in [3.8, 4) is 0 Å². The average Bonchev–Trinajstić information content (AvgIpc) is 2.37. The topological polar surface area (TPSA) is 86.2 Å². The fourth-order valence-corrected chi connectivity index (χ4v) is 1.89. The van der Waals surface area contributed by atoms with Crippen LogP contribution in [0.3, 0.4) is 0 Å². The molecule has 0 aliphatic rings. The smallest absolute Gasteiger partial charge is 0.396 e. The molecule has 0 saturated carbocycles. The van der Waals surface area contributed by atoms with Crippen molar-refractivity contribution in [3.63, 3.8) is 0 Å². The lowest BCUT2D eigenvalue weighted by Crippen LogP contribution is -2.35. The molecule has 4 N–H and O–H groups in total. The third kappa shape index (κ3) is 4.32. The number of hydrogen-bond donors (Lipinski definition) is 3. The first-order valence-corrected chi connectivity index (χ1v) is 6.48. The van der Waals surface area contributed by atoms with Gasteiger partial charge in [-0.3, -0.25) is 5.41 Å². The number of aromatic nitrogens is 1. The van der Waals surface area contributed by atoms with Crippen molar-refractivity contribution in [1.82, 2.24) is 4.98 Å². The van der Waals surface area contributed by atoms with Gasteiger partial charge in [0.2, 0.25) is 0 Å². The number of nitrogen functional groups attached to an aromatic ring is 1. The number of hydrogen-bond acceptors (Lipinski definition) is 4. The third-order valence-corrected chi connectivity index (χ3v) is 2.91. The predicted molar refractivity (Wildman–Crippen MR) is 74.4 cm³/mol. The lowest BCUT2D eigenvalue weighted by Gasteiger charge is -2.30. The van der Waals surface area contributed by atoms with E-state index in [1.54, 1.807) is 18.7 Å². The zero-order valence-electron chi connectivity index (χ0n) is 11.9. The summed E-state index contributed by atoms with van der Waals surface area (Å²) >= 11 is 0. The first kappa shape index (κ1) is 17.2. The van der Waals surface area contributed by atoms with E-state index in [0.29, 0.717) is 13.0 Å². The maximum absolute atomic E-state index is 12.8. The van der Waals surface area contributed by atoms with Gasteiger partial charge < -0.3 is 15.7 Å². The van der Waals surface area contributed by atoms with Crippen molar-refractivity contribution in [1.29, 1.82) is 5.41 Å². The van der Waals surface area contributed by atoms with Crippen LogP contribution in [-0.4, -0.2) is 35.1 Å². The second-order valence-electron chi connectivity index (χ2n) is 4.84. The van der Waals surface area contributed by atoms with Crippen molar-refractivity contribution < 1.29 is 18.3 Å². The van der Waals surface area contributed by atoms with Gasteiger partial charge in [-0.1, -0.05) is 0 Å². The molecular formula is C13H19F3N4O. The molecule has 21 heavy (non-hydrogen) atoms. The van der Waals surface area contributed by atoms with Gasteiger partial charge in [0, 0.05) is 19.2 Å². The molecule has 118 valence electrons. The number of amidine groups is 1.